The van der Waals surface area contributed by atoms with Gasteiger partial charge in [0.25, 0.3) is 5.91 Å². The van der Waals surface area contributed by atoms with Crippen LogP contribution in [-0.4, -0.2) is 17.4 Å². The Balaban J connectivity index is 1.32. The third kappa shape index (κ3) is 6.10. The van der Waals surface area contributed by atoms with Crippen LogP contribution in [0.2, 0.25) is 0 Å². The number of aromatic nitrogens is 1. The van der Waals surface area contributed by atoms with Crippen LogP contribution in [0.1, 0.15) is 53.7 Å². The maximum absolute atomic E-state index is 12.6. The molecule has 1 fully saturated rings. The third-order valence-corrected chi connectivity index (χ3v) is 6.03. The number of carbonyl (C=O) groups excluding carboxylic acids is 1. The summed E-state index contributed by atoms with van der Waals surface area (Å²) in [5.74, 6) is 1.57. The lowest BCUT2D eigenvalue weighted by atomic mass is 10.0. The Labute approximate surface area is 190 Å². The van der Waals surface area contributed by atoms with Crippen LogP contribution in [0.4, 0.5) is 11.4 Å². The summed E-state index contributed by atoms with van der Waals surface area (Å²) in [7, 11) is 0. The lowest BCUT2D eigenvalue weighted by Crippen LogP contribution is -2.25. The highest BCUT2D eigenvalue weighted by Crippen LogP contribution is 2.27. The van der Waals surface area contributed by atoms with Crippen molar-refractivity contribution >= 4 is 17.3 Å². The van der Waals surface area contributed by atoms with Crippen molar-refractivity contribution in [3.8, 4) is 5.75 Å². The van der Waals surface area contributed by atoms with Gasteiger partial charge >= 0.3 is 0 Å². The Kier molecular flexibility index (Phi) is 7.38. The minimum absolute atomic E-state index is 0.0124. The van der Waals surface area contributed by atoms with Gasteiger partial charge in [-0.1, -0.05) is 37.8 Å². The zero-order chi connectivity index (χ0) is 22.2. The number of nitrogens with zero attached hydrogens (tertiary/aromatic N) is 1. The van der Waals surface area contributed by atoms with Gasteiger partial charge in [-0.2, -0.15) is 0 Å². The highest BCUT2D eigenvalue weighted by atomic mass is 16.5. The molecule has 3 aromatic rings. The first-order chi connectivity index (χ1) is 15.7. The van der Waals surface area contributed by atoms with Gasteiger partial charge in [-0.15, -0.1) is 0 Å². The molecule has 0 bridgehead atoms. The Bertz CT molecular complexity index is 1030. The third-order valence-electron chi connectivity index (χ3n) is 6.03. The van der Waals surface area contributed by atoms with Crippen LogP contribution in [0.3, 0.4) is 0 Å². The number of nitrogens with one attached hydrogen (secondary N) is 2. The van der Waals surface area contributed by atoms with E-state index in [0.29, 0.717) is 12.2 Å². The monoisotopic (exact) mass is 429 g/mol. The SMILES string of the molecule is Cc1cc(OCc2ccccn2)ccc1Nc1cccc(C(=O)NCCC2CCCC2)c1. The summed E-state index contributed by atoms with van der Waals surface area (Å²) in [6, 6.07) is 19.4. The standard InChI is InChI=1S/C27H31N3O2/c1-20-17-25(32-19-24-10-4-5-15-28-24)12-13-26(20)30-23-11-6-9-22(18-23)27(31)29-16-14-21-7-2-3-8-21/h4-6,9-13,15,17-18,21,30H,2-3,7-8,14,16,19H2,1H3,(H,29,31). The molecule has 2 N–H and O–H groups in total. The summed E-state index contributed by atoms with van der Waals surface area (Å²) in [4.78, 5) is 16.8. The second-order valence-corrected chi connectivity index (χ2v) is 8.49. The first-order valence-corrected chi connectivity index (χ1v) is 11.5. The zero-order valence-electron chi connectivity index (χ0n) is 18.6. The van der Waals surface area contributed by atoms with E-state index < -0.39 is 0 Å². The van der Waals surface area contributed by atoms with Gasteiger partial charge in [0.05, 0.1) is 5.69 Å². The fourth-order valence-electron chi connectivity index (χ4n) is 4.19. The molecule has 1 amide bonds. The number of benzene rings is 2. The number of aryl methyl sites for hydroxylation is 1. The van der Waals surface area contributed by atoms with E-state index in [0.717, 1.165) is 47.3 Å². The predicted molar refractivity (Wildman–Crippen MR) is 128 cm³/mol. The zero-order valence-corrected chi connectivity index (χ0v) is 18.6. The number of hydrogen-bond donors (Lipinski definition) is 2. The van der Waals surface area contributed by atoms with Gasteiger partial charge in [0, 0.05) is 29.7 Å². The number of anilines is 2. The summed E-state index contributed by atoms with van der Waals surface area (Å²) >= 11 is 0. The molecule has 5 nitrogen and oxygen atoms in total. The molecule has 0 radical (unpaired) electrons. The van der Waals surface area contributed by atoms with Gasteiger partial charge in [-0.05, 0) is 73.4 Å². The Morgan fingerprint density at radius 2 is 1.94 bits per heavy atom. The fraction of sp³-hybridized carbons (Fsp3) is 0.333. The smallest absolute Gasteiger partial charge is 0.251 e. The molecule has 0 unspecified atom stereocenters. The quantitative estimate of drug-likeness (QED) is 0.436. The Morgan fingerprint density at radius 3 is 2.72 bits per heavy atom. The molecule has 1 aromatic heterocycles. The lowest BCUT2D eigenvalue weighted by molar-refractivity contribution is 0.0951. The van der Waals surface area contributed by atoms with Gasteiger partial charge in [0.2, 0.25) is 0 Å². The number of rotatable bonds is 9. The summed E-state index contributed by atoms with van der Waals surface area (Å²) in [6.45, 7) is 3.22. The maximum Gasteiger partial charge on any atom is 0.251 e. The van der Waals surface area contributed by atoms with Crippen LogP contribution in [-0.2, 0) is 6.61 Å². The van der Waals surface area contributed by atoms with Gasteiger partial charge in [0.1, 0.15) is 12.4 Å². The topological polar surface area (TPSA) is 63.2 Å². The first kappa shape index (κ1) is 21.9. The molecule has 0 spiro atoms. The van der Waals surface area contributed by atoms with Crippen LogP contribution in [0, 0.1) is 12.8 Å². The van der Waals surface area contributed by atoms with E-state index in [1.54, 1.807) is 6.20 Å². The summed E-state index contributed by atoms with van der Waals surface area (Å²) in [6.07, 6.45) is 8.13. The number of ether oxygens (including phenoxy) is 1. The number of hydrogen-bond acceptors (Lipinski definition) is 4. The van der Waals surface area contributed by atoms with Crippen LogP contribution >= 0.6 is 0 Å². The van der Waals surface area contributed by atoms with E-state index in [1.807, 2.05) is 67.6 Å². The normalized spacial score (nSPS) is 13.7. The molecule has 32 heavy (non-hydrogen) atoms. The largest absolute Gasteiger partial charge is 0.487 e. The van der Waals surface area contributed by atoms with Crippen molar-refractivity contribution in [2.45, 2.75) is 45.6 Å². The Hall–Kier alpha value is -3.34. The van der Waals surface area contributed by atoms with E-state index >= 15 is 0 Å². The van der Waals surface area contributed by atoms with Crippen molar-refractivity contribution in [2.75, 3.05) is 11.9 Å². The van der Waals surface area contributed by atoms with Crippen molar-refractivity contribution in [2.24, 2.45) is 5.92 Å². The van der Waals surface area contributed by atoms with Gasteiger partial charge < -0.3 is 15.4 Å². The molecular weight excluding hydrogens is 398 g/mol. The second-order valence-electron chi connectivity index (χ2n) is 8.49. The first-order valence-electron chi connectivity index (χ1n) is 11.5. The van der Waals surface area contributed by atoms with Crippen molar-refractivity contribution in [1.29, 1.82) is 0 Å². The van der Waals surface area contributed by atoms with Crippen molar-refractivity contribution < 1.29 is 9.53 Å². The molecule has 5 heteroatoms. The summed E-state index contributed by atoms with van der Waals surface area (Å²) in [5.41, 5.74) is 4.50. The molecule has 1 aliphatic rings. The van der Waals surface area contributed by atoms with Crippen LogP contribution < -0.4 is 15.4 Å². The van der Waals surface area contributed by atoms with Crippen LogP contribution in [0.15, 0.2) is 66.9 Å². The van der Waals surface area contributed by atoms with Crippen molar-refractivity contribution in [3.05, 3.63) is 83.7 Å². The molecule has 0 saturated heterocycles. The van der Waals surface area contributed by atoms with Gasteiger partial charge in [-0.3, -0.25) is 9.78 Å². The van der Waals surface area contributed by atoms with Crippen molar-refractivity contribution in [1.82, 2.24) is 10.3 Å². The molecule has 1 aliphatic carbocycles. The van der Waals surface area contributed by atoms with E-state index in [1.165, 1.54) is 25.7 Å². The average Bonchev–Trinajstić information content (AvgIpc) is 3.34. The number of amides is 1. The van der Waals surface area contributed by atoms with Gasteiger partial charge in [-0.25, -0.2) is 0 Å². The molecule has 0 atom stereocenters. The summed E-state index contributed by atoms with van der Waals surface area (Å²) in [5, 5.41) is 6.50. The average molecular weight is 430 g/mol. The van der Waals surface area contributed by atoms with E-state index in [-0.39, 0.29) is 5.91 Å². The molecule has 1 heterocycles. The Morgan fingerprint density at radius 1 is 1.06 bits per heavy atom. The highest BCUT2D eigenvalue weighted by Gasteiger charge is 2.15. The molecule has 1 saturated carbocycles. The molecular formula is C27H31N3O2. The molecule has 166 valence electrons. The summed E-state index contributed by atoms with van der Waals surface area (Å²) < 4.78 is 5.86. The minimum atomic E-state index is -0.0124. The van der Waals surface area contributed by atoms with E-state index in [2.05, 4.69) is 15.6 Å². The maximum atomic E-state index is 12.6. The predicted octanol–water partition coefficient (Wildman–Crippen LogP) is 6.02. The van der Waals surface area contributed by atoms with Gasteiger partial charge in [0.15, 0.2) is 0 Å². The van der Waals surface area contributed by atoms with Crippen LogP contribution in [0.5, 0.6) is 5.75 Å². The second kappa shape index (κ2) is 10.8. The highest BCUT2D eigenvalue weighted by molar-refractivity contribution is 5.95. The number of pyridine rings is 1. The van der Waals surface area contributed by atoms with Crippen LogP contribution in [0.25, 0.3) is 0 Å². The molecule has 0 aliphatic heterocycles. The molecule has 4 rings (SSSR count). The van der Waals surface area contributed by atoms with E-state index in [4.69, 9.17) is 4.74 Å². The minimum Gasteiger partial charge on any atom is -0.487 e. The number of carbonyl (C=O) groups is 1. The van der Waals surface area contributed by atoms with Crippen molar-refractivity contribution in [3.63, 3.8) is 0 Å². The van der Waals surface area contributed by atoms with E-state index in [9.17, 15) is 4.79 Å². The fourth-order valence-corrected chi connectivity index (χ4v) is 4.19. The molecule has 2 aromatic carbocycles. The lowest BCUT2D eigenvalue weighted by Gasteiger charge is -2.13.